The first-order valence-corrected chi connectivity index (χ1v) is 6.28. The number of carbonyl (C=O) groups excluding carboxylic acids is 1. The molecule has 20 heavy (non-hydrogen) atoms. The monoisotopic (exact) mass is 268 g/mol. The second kappa shape index (κ2) is 7.09. The van der Waals surface area contributed by atoms with Gasteiger partial charge in [0.05, 0.1) is 25.4 Å². The van der Waals surface area contributed by atoms with Crippen molar-refractivity contribution >= 4 is 12.2 Å². The number of hydrazone groups is 1. The van der Waals surface area contributed by atoms with Crippen molar-refractivity contribution in [2.45, 2.75) is 6.54 Å². The molecule has 4 nitrogen and oxygen atoms in total. The van der Waals surface area contributed by atoms with Gasteiger partial charge in [0.1, 0.15) is 0 Å². The third-order valence-corrected chi connectivity index (χ3v) is 2.76. The van der Waals surface area contributed by atoms with E-state index in [0.717, 1.165) is 5.56 Å². The minimum absolute atomic E-state index is 0.337. The van der Waals surface area contributed by atoms with Crippen molar-refractivity contribution < 1.29 is 9.53 Å². The van der Waals surface area contributed by atoms with Gasteiger partial charge in [-0.15, -0.1) is 0 Å². The number of esters is 1. The van der Waals surface area contributed by atoms with Gasteiger partial charge in [0.15, 0.2) is 0 Å². The van der Waals surface area contributed by atoms with E-state index in [1.54, 1.807) is 18.3 Å². The van der Waals surface area contributed by atoms with Crippen molar-refractivity contribution in [3.05, 3.63) is 71.3 Å². The summed E-state index contributed by atoms with van der Waals surface area (Å²) in [6, 6.07) is 17.1. The molecule has 1 N–H and O–H groups in total. The van der Waals surface area contributed by atoms with Gasteiger partial charge in [-0.1, -0.05) is 42.5 Å². The summed E-state index contributed by atoms with van der Waals surface area (Å²) in [6.45, 7) is 0.678. The Morgan fingerprint density at radius 3 is 2.50 bits per heavy atom. The molecule has 0 saturated carbocycles. The number of benzene rings is 2. The van der Waals surface area contributed by atoms with Crippen LogP contribution in [0.4, 0.5) is 0 Å². The first kappa shape index (κ1) is 13.8. The zero-order valence-corrected chi connectivity index (χ0v) is 11.2. The minimum Gasteiger partial charge on any atom is -0.465 e. The maximum absolute atomic E-state index is 11.3. The predicted octanol–water partition coefficient (Wildman–Crippen LogP) is 2.60. The van der Waals surface area contributed by atoms with Crippen LogP contribution in [0.15, 0.2) is 59.7 Å². The first-order chi connectivity index (χ1) is 9.79. The SMILES string of the molecule is COC(=O)c1ccc(C=NNCc2ccccc2)cc1. The number of rotatable bonds is 5. The zero-order valence-electron chi connectivity index (χ0n) is 11.2. The molecule has 2 rings (SSSR count). The molecule has 0 aliphatic carbocycles. The van der Waals surface area contributed by atoms with Crippen molar-refractivity contribution in [3.63, 3.8) is 0 Å². The van der Waals surface area contributed by atoms with Gasteiger partial charge in [-0.3, -0.25) is 0 Å². The largest absolute Gasteiger partial charge is 0.465 e. The molecule has 0 radical (unpaired) electrons. The summed E-state index contributed by atoms with van der Waals surface area (Å²) in [6.07, 6.45) is 1.71. The van der Waals surface area contributed by atoms with Crippen LogP contribution in [-0.2, 0) is 11.3 Å². The quantitative estimate of drug-likeness (QED) is 0.515. The summed E-state index contributed by atoms with van der Waals surface area (Å²) in [4.78, 5) is 11.3. The fraction of sp³-hybridized carbons (Fsp3) is 0.125. The third-order valence-electron chi connectivity index (χ3n) is 2.76. The van der Waals surface area contributed by atoms with Crippen molar-refractivity contribution in [2.24, 2.45) is 5.10 Å². The molecule has 102 valence electrons. The molecule has 0 amide bonds. The Kier molecular flexibility index (Phi) is 4.89. The molecule has 0 saturated heterocycles. The van der Waals surface area contributed by atoms with Crippen molar-refractivity contribution in [1.82, 2.24) is 5.43 Å². The van der Waals surface area contributed by atoms with E-state index < -0.39 is 0 Å². The van der Waals surface area contributed by atoms with E-state index >= 15 is 0 Å². The van der Waals surface area contributed by atoms with Crippen molar-refractivity contribution in [1.29, 1.82) is 0 Å². The predicted molar refractivity (Wildman–Crippen MR) is 78.7 cm³/mol. The molecule has 4 heteroatoms. The molecule has 0 unspecified atom stereocenters. The lowest BCUT2D eigenvalue weighted by Crippen LogP contribution is -2.05. The highest BCUT2D eigenvalue weighted by molar-refractivity contribution is 5.90. The fourth-order valence-electron chi connectivity index (χ4n) is 1.68. The van der Waals surface area contributed by atoms with Gasteiger partial charge < -0.3 is 10.2 Å². The van der Waals surface area contributed by atoms with Crippen LogP contribution in [-0.4, -0.2) is 19.3 Å². The number of carbonyl (C=O) groups is 1. The molecule has 0 aromatic heterocycles. The molecule has 0 atom stereocenters. The van der Waals surface area contributed by atoms with Crippen LogP contribution < -0.4 is 5.43 Å². The number of methoxy groups -OCH3 is 1. The maximum Gasteiger partial charge on any atom is 0.337 e. The lowest BCUT2D eigenvalue weighted by molar-refractivity contribution is 0.0601. The molecule has 2 aromatic carbocycles. The summed E-state index contributed by atoms with van der Waals surface area (Å²) < 4.78 is 4.64. The molecule has 0 spiro atoms. The molecule has 0 fully saturated rings. The number of hydrogen-bond acceptors (Lipinski definition) is 4. The third kappa shape index (κ3) is 3.95. The highest BCUT2D eigenvalue weighted by atomic mass is 16.5. The van der Waals surface area contributed by atoms with E-state index in [9.17, 15) is 4.79 Å². The Morgan fingerprint density at radius 1 is 1.15 bits per heavy atom. The Bertz CT molecular complexity index is 577. The first-order valence-electron chi connectivity index (χ1n) is 6.28. The Morgan fingerprint density at radius 2 is 1.85 bits per heavy atom. The Labute approximate surface area is 118 Å². The van der Waals surface area contributed by atoms with Crippen LogP contribution in [0, 0.1) is 0 Å². The van der Waals surface area contributed by atoms with Crippen LogP contribution in [0.3, 0.4) is 0 Å². The van der Waals surface area contributed by atoms with Gasteiger partial charge in [-0.05, 0) is 23.3 Å². The molecule has 0 aliphatic heterocycles. The van der Waals surface area contributed by atoms with Crippen LogP contribution in [0.2, 0.25) is 0 Å². The Hall–Kier alpha value is -2.62. The summed E-state index contributed by atoms with van der Waals surface area (Å²) in [5.41, 5.74) is 5.59. The Balaban J connectivity index is 1.87. The van der Waals surface area contributed by atoms with Crippen LogP contribution >= 0.6 is 0 Å². The van der Waals surface area contributed by atoms with Gasteiger partial charge >= 0.3 is 5.97 Å². The topological polar surface area (TPSA) is 50.7 Å². The van der Waals surface area contributed by atoms with Crippen LogP contribution in [0.1, 0.15) is 21.5 Å². The van der Waals surface area contributed by atoms with E-state index in [0.29, 0.717) is 12.1 Å². The van der Waals surface area contributed by atoms with E-state index in [2.05, 4.69) is 15.3 Å². The second-order valence-corrected chi connectivity index (χ2v) is 4.19. The van der Waals surface area contributed by atoms with Gasteiger partial charge in [-0.25, -0.2) is 4.79 Å². The number of hydrogen-bond donors (Lipinski definition) is 1. The van der Waals surface area contributed by atoms with Gasteiger partial charge in [0.25, 0.3) is 0 Å². The second-order valence-electron chi connectivity index (χ2n) is 4.19. The van der Waals surface area contributed by atoms with Crippen LogP contribution in [0.5, 0.6) is 0 Å². The van der Waals surface area contributed by atoms with Crippen molar-refractivity contribution in [2.75, 3.05) is 7.11 Å². The van der Waals surface area contributed by atoms with Gasteiger partial charge in [0.2, 0.25) is 0 Å². The molecule has 0 aliphatic rings. The summed E-state index contributed by atoms with van der Waals surface area (Å²) >= 11 is 0. The fourth-order valence-corrected chi connectivity index (χ4v) is 1.68. The molecular formula is C16H16N2O2. The molecule has 0 bridgehead atoms. The van der Waals surface area contributed by atoms with Crippen molar-refractivity contribution in [3.8, 4) is 0 Å². The number of ether oxygens (including phenoxy) is 1. The highest BCUT2D eigenvalue weighted by Gasteiger charge is 2.03. The molecular weight excluding hydrogens is 252 g/mol. The van der Waals surface area contributed by atoms with Gasteiger partial charge in [-0.2, -0.15) is 5.10 Å². The maximum atomic E-state index is 11.3. The van der Waals surface area contributed by atoms with E-state index in [1.807, 2.05) is 42.5 Å². The normalized spacial score (nSPS) is 10.4. The zero-order chi connectivity index (χ0) is 14.2. The highest BCUT2D eigenvalue weighted by Crippen LogP contribution is 2.04. The number of nitrogens with zero attached hydrogens (tertiary/aromatic N) is 1. The lowest BCUT2D eigenvalue weighted by Gasteiger charge is -2.01. The van der Waals surface area contributed by atoms with E-state index in [4.69, 9.17) is 0 Å². The smallest absolute Gasteiger partial charge is 0.337 e. The standard InChI is InChI=1S/C16H16N2O2/c1-20-16(19)15-9-7-14(8-10-15)12-18-17-11-13-5-3-2-4-6-13/h2-10,12,17H,11H2,1H3. The van der Waals surface area contributed by atoms with E-state index in [-0.39, 0.29) is 5.97 Å². The number of nitrogens with one attached hydrogen (secondary N) is 1. The average Bonchev–Trinajstić information content (AvgIpc) is 2.52. The minimum atomic E-state index is -0.337. The van der Waals surface area contributed by atoms with E-state index in [1.165, 1.54) is 12.7 Å². The summed E-state index contributed by atoms with van der Waals surface area (Å²) in [5, 5.41) is 4.14. The van der Waals surface area contributed by atoms with Crippen LogP contribution in [0.25, 0.3) is 0 Å². The summed E-state index contributed by atoms with van der Waals surface area (Å²) in [5.74, 6) is -0.337. The molecule has 2 aromatic rings. The average molecular weight is 268 g/mol. The molecule has 0 heterocycles. The lowest BCUT2D eigenvalue weighted by atomic mass is 10.1. The summed E-state index contributed by atoms with van der Waals surface area (Å²) in [7, 11) is 1.37. The van der Waals surface area contributed by atoms with Gasteiger partial charge in [0, 0.05) is 0 Å².